The van der Waals surface area contributed by atoms with Gasteiger partial charge in [-0.25, -0.2) is 4.98 Å². The summed E-state index contributed by atoms with van der Waals surface area (Å²) in [5, 5.41) is 2.65. The van der Waals surface area contributed by atoms with E-state index in [2.05, 4.69) is 22.1 Å². The van der Waals surface area contributed by atoms with Crippen molar-refractivity contribution in [3.8, 4) is 0 Å². The molecule has 1 aliphatic rings. The number of nitrogens with one attached hydrogen (secondary N) is 1. The lowest BCUT2D eigenvalue weighted by atomic mass is 10.0. The fourth-order valence-corrected chi connectivity index (χ4v) is 3.06. The molecule has 1 aliphatic heterocycles. The van der Waals surface area contributed by atoms with Crippen molar-refractivity contribution in [3.05, 3.63) is 53.7 Å². The van der Waals surface area contributed by atoms with Crippen LogP contribution >= 0.6 is 0 Å². The zero-order valence-corrected chi connectivity index (χ0v) is 14.4. The zero-order chi connectivity index (χ0) is 18.7. The molecule has 1 aromatic carbocycles. The standard InChI is InChI=1S/C19H20F3N3O/c1-13-3-2-10-25(12-13)17-9-8-16(11-23-17)24-18(26)14-4-6-15(7-5-14)19(20,21)22/h4-9,11,13H,2-3,10,12H2,1H3,(H,24,26). The van der Waals surface area contributed by atoms with Gasteiger partial charge in [0.2, 0.25) is 0 Å². The molecule has 0 aliphatic carbocycles. The molecule has 1 amide bonds. The Labute approximate surface area is 150 Å². The van der Waals surface area contributed by atoms with Crippen LogP contribution in [0.4, 0.5) is 24.7 Å². The quantitative estimate of drug-likeness (QED) is 0.868. The number of carbonyl (C=O) groups is 1. The van der Waals surface area contributed by atoms with Crippen LogP contribution in [-0.2, 0) is 6.18 Å². The summed E-state index contributed by atoms with van der Waals surface area (Å²) in [6.07, 6.45) is -0.496. The van der Waals surface area contributed by atoms with E-state index < -0.39 is 17.6 Å². The number of anilines is 2. The average molecular weight is 363 g/mol. The van der Waals surface area contributed by atoms with Gasteiger partial charge in [0.1, 0.15) is 5.82 Å². The summed E-state index contributed by atoms with van der Waals surface area (Å²) >= 11 is 0. The molecule has 0 radical (unpaired) electrons. The zero-order valence-electron chi connectivity index (χ0n) is 14.4. The number of piperidine rings is 1. The van der Waals surface area contributed by atoms with E-state index in [0.717, 1.165) is 49.6 Å². The third-order valence-corrected chi connectivity index (χ3v) is 4.46. The van der Waals surface area contributed by atoms with Crippen LogP contribution in [-0.4, -0.2) is 24.0 Å². The summed E-state index contributed by atoms with van der Waals surface area (Å²) < 4.78 is 37.7. The SMILES string of the molecule is CC1CCCN(c2ccc(NC(=O)c3ccc(C(F)(F)F)cc3)cn2)C1. The molecule has 0 bridgehead atoms. The molecule has 1 saturated heterocycles. The number of benzene rings is 1. The maximum absolute atomic E-state index is 12.6. The fourth-order valence-electron chi connectivity index (χ4n) is 3.06. The fraction of sp³-hybridized carbons (Fsp3) is 0.368. The second kappa shape index (κ2) is 7.35. The molecule has 1 N–H and O–H groups in total. The number of pyridine rings is 1. The highest BCUT2D eigenvalue weighted by molar-refractivity contribution is 6.04. The first-order valence-electron chi connectivity index (χ1n) is 8.52. The highest BCUT2D eigenvalue weighted by Gasteiger charge is 2.30. The number of aromatic nitrogens is 1. The van der Waals surface area contributed by atoms with Crippen molar-refractivity contribution in [2.75, 3.05) is 23.3 Å². The van der Waals surface area contributed by atoms with Crippen molar-refractivity contribution in [1.29, 1.82) is 0 Å². The number of alkyl halides is 3. The number of nitrogens with zero attached hydrogens (tertiary/aromatic N) is 2. The third kappa shape index (κ3) is 4.33. The van der Waals surface area contributed by atoms with Gasteiger partial charge in [-0.15, -0.1) is 0 Å². The van der Waals surface area contributed by atoms with Crippen LogP contribution in [0.1, 0.15) is 35.7 Å². The Balaban J connectivity index is 1.64. The van der Waals surface area contributed by atoms with E-state index in [1.165, 1.54) is 6.42 Å². The van der Waals surface area contributed by atoms with Gasteiger partial charge in [0.05, 0.1) is 17.4 Å². The van der Waals surface area contributed by atoms with Crippen molar-refractivity contribution < 1.29 is 18.0 Å². The van der Waals surface area contributed by atoms with E-state index in [0.29, 0.717) is 11.6 Å². The molecule has 0 saturated carbocycles. The van der Waals surface area contributed by atoms with Crippen LogP contribution in [0.25, 0.3) is 0 Å². The lowest BCUT2D eigenvalue weighted by Gasteiger charge is -2.31. The number of carbonyl (C=O) groups excluding carboxylic acids is 1. The molecule has 4 nitrogen and oxygen atoms in total. The Bertz CT molecular complexity index is 757. The predicted octanol–water partition coefficient (Wildman–Crippen LogP) is 4.59. The molecule has 1 unspecified atom stereocenters. The first-order valence-corrected chi connectivity index (χ1v) is 8.52. The Morgan fingerprint density at radius 1 is 1.19 bits per heavy atom. The Morgan fingerprint density at radius 2 is 1.92 bits per heavy atom. The first kappa shape index (κ1) is 18.2. The highest BCUT2D eigenvalue weighted by atomic mass is 19.4. The summed E-state index contributed by atoms with van der Waals surface area (Å²) in [6.45, 7) is 4.14. The Kier molecular flexibility index (Phi) is 5.15. The number of halogens is 3. The summed E-state index contributed by atoms with van der Waals surface area (Å²) in [5.74, 6) is 1.02. The van der Waals surface area contributed by atoms with E-state index in [9.17, 15) is 18.0 Å². The van der Waals surface area contributed by atoms with E-state index in [-0.39, 0.29) is 5.56 Å². The molecule has 138 valence electrons. The second-order valence-corrected chi connectivity index (χ2v) is 6.63. The maximum atomic E-state index is 12.6. The van der Waals surface area contributed by atoms with E-state index >= 15 is 0 Å². The minimum atomic E-state index is -4.42. The Hall–Kier alpha value is -2.57. The molecule has 3 rings (SSSR count). The van der Waals surface area contributed by atoms with Gasteiger partial charge in [-0.1, -0.05) is 6.92 Å². The third-order valence-electron chi connectivity index (χ3n) is 4.46. The molecule has 2 heterocycles. The molecule has 2 aromatic rings. The molecule has 7 heteroatoms. The lowest BCUT2D eigenvalue weighted by Crippen LogP contribution is -2.34. The average Bonchev–Trinajstić information content (AvgIpc) is 2.62. The van der Waals surface area contributed by atoms with Gasteiger partial charge >= 0.3 is 6.18 Å². The molecule has 1 aromatic heterocycles. The van der Waals surface area contributed by atoms with Crippen molar-refractivity contribution in [3.63, 3.8) is 0 Å². The molecular formula is C19H20F3N3O. The van der Waals surface area contributed by atoms with Gasteiger partial charge in [0.15, 0.2) is 0 Å². The molecular weight excluding hydrogens is 343 g/mol. The number of amides is 1. The van der Waals surface area contributed by atoms with Crippen LogP contribution in [0.3, 0.4) is 0 Å². The normalized spacial score (nSPS) is 17.8. The second-order valence-electron chi connectivity index (χ2n) is 6.63. The number of hydrogen-bond acceptors (Lipinski definition) is 3. The van der Waals surface area contributed by atoms with Crippen molar-refractivity contribution >= 4 is 17.4 Å². The predicted molar refractivity (Wildman–Crippen MR) is 94.2 cm³/mol. The topological polar surface area (TPSA) is 45.2 Å². The summed E-state index contributed by atoms with van der Waals surface area (Å²) in [6, 6.07) is 7.72. The smallest absolute Gasteiger partial charge is 0.356 e. The monoisotopic (exact) mass is 363 g/mol. The minimum absolute atomic E-state index is 0.159. The van der Waals surface area contributed by atoms with E-state index in [1.54, 1.807) is 12.3 Å². The van der Waals surface area contributed by atoms with Gasteiger partial charge in [0.25, 0.3) is 5.91 Å². The first-order chi connectivity index (χ1) is 12.3. The van der Waals surface area contributed by atoms with Gasteiger partial charge in [-0.2, -0.15) is 13.2 Å². The molecule has 0 spiro atoms. The van der Waals surface area contributed by atoms with Gasteiger partial charge in [0, 0.05) is 18.7 Å². The van der Waals surface area contributed by atoms with Crippen molar-refractivity contribution in [2.45, 2.75) is 25.9 Å². The molecule has 26 heavy (non-hydrogen) atoms. The molecule has 1 fully saturated rings. The highest BCUT2D eigenvalue weighted by Crippen LogP contribution is 2.29. The summed E-state index contributed by atoms with van der Waals surface area (Å²) in [4.78, 5) is 18.8. The van der Waals surface area contributed by atoms with Crippen LogP contribution < -0.4 is 10.2 Å². The maximum Gasteiger partial charge on any atom is 0.416 e. The molecule has 1 atom stereocenters. The number of rotatable bonds is 3. The minimum Gasteiger partial charge on any atom is -0.356 e. The number of hydrogen-bond donors (Lipinski definition) is 1. The van der Waals surface area contributed by atoms with Gasteiger partial charge < -0.3 is 10.2 Å². The van der Waals surface area contributed by atoms with Gasteiger partial charge in [-0.05, 0) is 55.2 Å². The van der Waals surface area contributed by atoms with Crippen LogP contribution in [0.15, 0.2) is 42.6 Å². The van der Waals surface area contributed by atoms with Crippen LogP contribution in [0.5, 0.6) is 0 Å². The van der Waals surface area contributed by atoms with Crippen molar-refractivity contribution in [2.24, 2.45) is 5.92 Å². The van der Waals surface area contributed by atoms with Crippen LogP contribution in [0.2, 0.25) is 0 Å². The van der Waals surface area contributed by atoms with Crippen molar-refractivity contribution in [1.82, 2.24) is 4.98 Å². The lowest BCUT2D eigenvalue weighted by molar-refractivity contribution is -0.137. The van der Waals surface area contributed by atoms with Gasteiger partial charge in [-0.3, -0.25) is 4.79 Å². The van der Waals surface area contributed by atoms with E-state index in [4.69, 9.17) is 0 Å². The summed E-state index contributed by atoms with van der Waals surface area (Å²) in [7, 11) is 0. The Morgan fingerprint density at radius 3 is 2.50 bits per heavy atom. The largest absolute Gasteiger partial charge is 0.416 e. The van der Waals surface area contributed by atoms with E-state index in [1.807, 2.05) is 6.07 Å². The van der Waals surface area contributed by atoms with Crippen LogP contribution in [0, 0.1) is 5.92 Å². The summed E-state index contributed by atoms with van der Waals surface area (Å²) in [5.41, 5.74) is -0.119.